The van der Waals surface area contributed by atoms with Gasteiger partial charge in [0.05, 0.1) is 13.2 Å². The molecule has 0 spiro atoms. The second-order valence-corrected chi connectivity index (χ2v) is 4.99. The average molecular weight is 249 g/mol. The van der Waals surface area contributed by atoms with E-state index < -0.39 is 0 Å². The molecule has 0 aliphatic carbocycles. The Morgan fingerprint density at radius 2 is 2.11 bits per heavy atom. The van der Waals surface area contributed by atoms with Gasteiger partial charge >= 0.3 is 0 Å². The van der Waals surface area contributed by atoms with Crippen molar-refractivity contribution in [2.45, 2.75) is 38.3 Å². The number of hydrogen-bond acceptors (Lipinski definition) is 3. The van der Waals surface area contributed by atoms with Crippen molar-refractivity contribution in [3.63, 3.8) is 0 Å². The predicted molar refractivity (Wildman–Crippen MR) is 72.8 cm³/mol. The molecule has 1 fully saturated rings. The lowest BCUT2D eigenvalue weighted by Gasteiger charge is -2.23. The van der Waals surface area contributed by atoms with Crippen LogP contribution < -0.4 is 10.5 Å². The Morgan fingerprint density at radius 3 is 2.72 bits per heavy atom. The van der Waals surface area contributed by atoms with E-state index in [-0.39, 0.29) is 6.04 Å². The van der Waals surface area contributed by atoms with E-state index in [0.717, 1.165) is 31.6 Å². The monoisotopic (exact) mass is 249 g/mol. The Kier molecular flexibility index (Phi) is 4.61. The number of methoxy groups -OCH3 is 1. The van der Waals surface area contributed by atoms with Crippen molar-refractivity contribution in [3.05, 3.63) is 29.8 Å². The number of benzene rings is 1. The molecule has 3 nitrogen and oxygen atoms in total. The normalized spacial score (nSPS) is 25.1. The molecule has 1 saturated heterocycles. The molecule has 2 N–H and O–H groups in total. The van der Waals surface area contributed by atoms with Crippen LogP contribution in [0, 0.1) is 5.92 Å². The molecule has 1 aromatic carbocycles. The third-order valence-corrected chi connectivity index (χ3v) is 3.84. The lowest BCUT2D eigenvalue weighted by Crippen LogP contribution is -2.36. The van der Waals surface area contributed by atoms with Gasteiger partial charge in [0.1, 0.15) is 5.75 Å². The summed E-state index contributed by atoms with van der Waals surface area (Å²) in [4.78, 5) is 0. The van der Waals surface area contributed by atoms with Crippen LogP contribution >= 0.6 is 0 Å². The summed E-state index contributed by atoms with van der Waals surface area (Å²) in [5.41, 5.74) is 7.60. The Bertz CT molecular complexity index is 363. The van der Waals surface area contributed by atoms with Gasteiger partial charge in [-0.3, -0.25) is 0 Å². The SMILES string of the molecule is CCC1OCCC1C(N)Cc1ccc(OC)cc1. The summed E-state index contributed by atoms with van der Waals surface area (Å²) in [5.74, 6) is 1.39. The van der Waals surface area contributed by atoms with Crippen molar-refractivity contribution in [3.8, 4) is 5.75 Å². The van der Waals surface area contributed by atoms with Gasteiger partial charge in [0.25, 0.3) is 0 Å². The smallest absolute Gasteiger partial charge is 0.118 e. The number of ether oxygens (including phenoxy) is 2. The third-order valence-electron chi connectivity index (χ3n) is 3.84. The highest BCUT2D eigenvalue weighted by Crippen LogP contribution is 2.27. The van der Waals surface area contributed by atoms with E-state index in [0.29, 0.717) is 12.0 Å². The highest BCUT2D eigenvalue weighted by Gasteiger charge is 2.31. The van der Waals surface area contributed by atoms with Gasteiger partial charge in [-0.25, -0.2) is 0 Å². The zero-order chi connectivity index (χ0) is 13.0. The molecule has 0 aromatic heterocycles. The molecule has 18 heavy (non-hydrogen) atoms. The fourth-order valence-electron chi connectivity index (χ4n) is 2.76. The van der Waals surface area contributed by atoms with Crippen molar-refractivity contribution < 1.29 is 9.47 Å². The fraction of sp³-hybridized carbons (Fsp3) is 0.600. The molecule has 3 unspecified atom stereocenters. The van der Waals surface area contributed by atoms with E-state index >= 15 is 0 Å². The van der Waals surface area contributed by atoms with Crippen molar-refractivity contribution in [1.82, 2.24) is 0 Å². The van der Waals surface area contributed by atoms with Gasteiger partial charge in [-0.1, -0.05) is 19.1 Å². The van der Waals surface area contributed by atoms with Crippen LogP contribution in [0.15, 0.2) is 24.3 Å². The second kappa shape index (κ2) is 6.21. The molecule has 0 saturated carbocycles. The fourth-order valence-corrected chi connectivity index (χ4v) is 2.76. The maximum atomic E-state index is 6.34. The summed E-state index contributed by atoms with van der Waals surface area (Å²) in [6.45, 7) is 3.03. The van der Waals surface area contributed by atoms with E-state index in [1.165, 1.54) is 5.56 Å². The lowest BCUT2D eigenvalue weighted by molar-refractivity contribution is 0.0814. The Balaban J connectivity index is 1.95. The van der Waals surface area contributed by atoms with Gasteiger partial charge in [-0.2, -0.15) is 0 Å². The Hall–Kier alpha value is -1.06. The first-order chi connectivity index (χ1) is 8.74. The quantitative estimate of drug-likeness (QED) is 0.871. The molecule has 3 atom stereocenters. The first-order valence-electron chi connectivity index (χ1n) is 6.74. The van der Waals surface area contributed by atoms with Crippen molar-refractivity contribution in [1.29, 1.82) is 0 Å². The Morgan fingerprint density at radius 1 is 1.39 bits per heavy atom. The third kappa shape index (κ3) is 3.03. The molecule has 0 amide bonds. The molecule has 1 heterocycles. The van der Waals surface area contributed by atoms with Crippen LogP contribution in [0.4, 0.5) is 0 Å². The highest BCUT2D eigenvalue weighted by molar-refractivity contribution is 5.27. The van der Waals surface area contributed by atoms with Crippen LogP contribution in [0.3, 0.4) is 0 Å². The van der Waals surface area contributed by atoms with Crippen molar-refractivity contribution >= 4 is 0 Å². The first-order valence-corrected chi connectivity index (χ1v) is 6.74. The standard InChI is InChI=1S/C15H23NO2/c1-3-15-13(8-9-18-15)14(16)10-11-4-6-12(17-2)7-5-11/h4-7,13-15H,3,8-10,16H2,1-2H3. The van der Waals surface area contributed by atoms with Gasteiger partial charge in [0, 0.05) is 18.6 Å². The van der Waals surface area contributed by atoms with E-state index in [1.54, 1.807) is 7.11 Å². The average Bonchev–Trinajstić information content (AvgIpc) is 2.88. The minimum absolute atomic E-state index is 0.186. The van der Waals surface area contributed by atoms with Crippen molar-refractivity contribution in [2.75, 3.05) is 13.7 Å². The van der Waals surface area contributed by atoms with E-state index in [9.17, 15) is 0 Å². The van der Waals surface area contributed by atoms with Gasteiger partial charge in [-0.15, -0.1) is 0 Å². The van der Waals surface area contributed by atoms with Crippen LogP contribution in [-0.4, -0.2) is 25.9 Å². The minimum atomic E-state index is 0.186. The molecular formula is C15H23NO2. The van der Waals surface area contributed by atoms with Gasteiger partial charge in [0.15, 0.2) is 0 Å². The van der Waals surface area contributed by atoms with Crippen LogP contribution in [0.1, 0.15) is 25.3 Å². The van der Waals surface area contributed by atoms with Gasteiger partial charge < -0.3 is 15.2 Å². The molecule has 1 aliphatic heterocycles. The number of hydrogen-bond donors (Lipinski definition) is 1. The maximum absolute atomic E-state index is 6.34. The molecule has 2 rings (SSSR count). The van der Waals surface area contributed by atoms with Gasteiger partial charge in [0.2, 0.25) is 0 Å². The summed E-state index contributed by atoms with van der Waals surface area (Å²) < 4.78 is 10.9. The number of nitrogens with two attached hydrogens (primary N) is 1. The second-order valence-electron chi connectivity index (χ2n) is 4.99. The van der Waals surface area contributed by atoms with Crippen LogP contribution in [-0.2, 0) is 11.2 Å². The van der Waals surface area contributed by atoms with Gasteiger partial charge in [-0.05, 0) is 37.0 Å². The van der Waals surface area contributed by atoms with Crippen LogP contribution in [0.5, 0.6) is 5.75 Å². The molecule has 3 heteroatoms. The molecule has 100 valence electrons. The summed E-state index contributed by atoms with van der Waals surface area (Å²) >= 11 is 0. The zero-order valence-electron chi connectivity index (χ0n) is 11.3. The highest BCUT2D eigenvalue weighted by atomic mass is 16.5. The minimum Gasteiger partial charge on any atom is -0.497 e. The van der Waals surface area contributed by atoms with Crippen molar-refractivity contribution in [2.24, 2.45) is 11.7 Å². The molecular weight excluding hydrogens is 226 g/mol. The topological polar surface area (TPSA) is 44.5 Å². The number of rotatable bonds is 5. The first kappa shape index (κ1) is 13.4. The van der Waals surface area contributed by atoms with Crippen LogP contribution in [0.25, 0.3) is 0 Å². The lowest BCUT2D eigenvalue weighted by atomic mass is 9.88. The zero-order valence-corrected chi connectivity index (χ0v) is 11.3. The van der Waals surface area contributed by atoms with E-state index in [1.807, 2.05) is 12.1 Å². The van der Waals surface area contributed by atoms with E-state index in [2.05, 4.69) is 19.1 Å². The largest absolute Gasteiger partial charge is 0.497 e. The molecule has 0 radical (unpaired) electrons. The summed E-state index contributed by atoms with van der Waals surface area (Å²) in [5, 5.41) is 0. The molecule has 1 aromatic rings. The summed E-state index contributed by atoms with van der Waals surface area (Å²) in [6.07, 6.45) is 3.41. The molecule has 0 bridgehead atoms. The predicted octanol–water partition coefficient (Wildman–Crippen LogP) is 2.38. The maximum Gasteiger partial charge on any atom is 0.118 e. The van der Waals surface area contributed by atoms with E-state index in [4.69, 9.17) is 15.2 Å². The summed E-state index contributed by atoms with van der Waals surface area (Å²) in [6, 6.07) is 8.35. The van der Waals surface area contributed by atoms with Crippen LogP contribution in [0.2, 0.25) is 0 Å². The Labute approximate surface area is 109 Å². The molecule has 1 aliphatic rings. The summed E-state index contributed by atoms with van der Waals surface area (Å²) in [7, 11) is 1.68.